The summed E-state index contributed by atoms with van der Waals surface area (Å²) in [6.45, 7) is 1.79. The van der Waals surface area contributed by atoms with Crippen LogP contribution in [0, 0.1) is 0 Å². The van der Waals surface area contributed by atoms with E-state index in [-0.39, 0.29) is 5.91 Å². The quantitative estimate of drug-likeness (QED) is 0.209. The molecule has 3 aromatic carbocycles. The Labute approximate surface area is 185 Å². The molecule has 0 aliphatic heterocycles. The Bertz CT molecular complexity index is 1230. The van der Waals surface area contributed by atoms with Crippen LogP contribution in [0.4, 0.5) is 0 Å². The lowest BCUT2D eigenvalue weighted by Gasteiger charge is -2.07. The molecule has 0 saturated carbocycles. The van der Waals surface area contributed by atoms with Crippen LogP contribution in [0.25, 0.3) is 5.69 Å². The van der Waals surface area contributed by atoms with Crippen LogP contribution >= 0.6 is 0 Å². The van der Waals surface area contributed by atoms with Crippen LogP contribution in [0.1, 0.15) is 33.2 Å². The molecule has 158 valence electrons. The molecule has 0 spiro atoms. The topological polar surface area (TPSA) is 72.7 Å². The van der Waals surface area contributed by atoms with Gasteiger partial charge in [0, 0.05) is 23.6 Å². The lowest BCUT2D eigenvalue weighted by Crippen LogP contribution is -2.19. The molecule has 0 radical (unpaired) electrons. The lowest BCUT2D eigenvalue weighted by molar-refractivity contribution is 0.0734. The summed E-state index contributed by atoms with van der Waals surface area (Å²) < 4.78 is 7.34. The van der Waals surface area contributed by atoms with Crippen molar-refractivity contribution in [1.82, 2.24) is 9.99 Å². The SMILES string of the molecule is C/C(=N\NC(=O)c1ccc(-n2cccc2)cc1)c1ccc(OC(=O)c2ccccc2)cc1. The van der Waals surface area contributed by atoms with E-state index in [1.54, 1.807) is 67.6 Å². The van der Waals surface area contributed by atoms with E-state index in [0.29, 0.717) is 22.6 Å². The van der Waals surface area contributed by atoms with E-state index in [1.807, 2.05) is 47.3 Å². The second kappa shape index (κ2) is 9.57. The Morgan fingerprint density at radius 2 is 1.38 bits per heavy atom. The summed E-state index contributed by atoms with van der Waals surface area (Å²) in [4.78, 5) is 24.5. The summed E-state index contributed by atoms with van der Waals surface area (Å²) in [5, 5.41) is 4.19. The van der Waals surface area contributed by atoms with Crippen LogP contribution in [0.15, 0.2) is 108 Å². The third kappa shape index (κ3) is 4.99. The minimum atomic E-state index is -0.418. The number of nitrogens with zero attached hydrogens (tertiary/aromatic N) is 2. The average molecular weight is 423 g/mol. The fourth-order valence-electron chi connectivity index (χ4n) is 3.06. The molecular formula is C26H21N3O3. The van der Waals surface area contributed by atoms with Crippen LogP contribution in [-0.2, 0) is 0 Å². The molecule has 1 amide bonds. The summed E-state index contributed by atoms with van der Waals surface area (Å²) in [6.07, 6.45) is 3.88. The maximum Gasteiger partial charge on any atom is 0.343 e. The summed E-state index contributed by atoms with van der Waals surface area (Å²) in [5.74, 6) is -0.280. The largest absolute Gasteiger partial charge is 0.423 e. The molecule has 0 aliphatic rings. The molecule has 0 bridgehead atoms. The number of benzene rings is 3. The van der Waals surface area contributed by atoms with Crippen molar-refractivity contribution in [2.45, 2.75) is 6.92 Å². The molecule has 1 N–H and O–H groups in total. The van der Waals surface area contributed by atoms with Gasteiger partial charge in [0.2, 0.25) is 0 Å². The van der Waals surface area contributed by atoms with E-state index in [1.165, 1.54) is 0 Å². The number of rotatable bonds is 6. The molecule has 0 fully saturated rings. The average Bonchev–Trinajstić information content (AvgIpc) is 3.38. The summed E-state index contributed by atoms with van der Waals surface area (Å²) in [6, 6.07) is 26.9. The third-order valence-electron chi connectivity index (χ3n) is 4.85. The molecule has 0 aliphatic carbocycles. The van der Waals surface area contributed by atoms with Crippen molar-refractivity contribution in [2.24, 2.45) is 5.10 Å². The standard InChI is InChI=1S/C26H21N3O3/c1-19(20-11-15-24(16-12-20)32-26(31)22-7-3-2-4-8-22)27-28-25(30)21-9-13-23(14-10-21)29-17-5-6-18-29/h2-18H,1H3,(H,28,30)/b27-19+. The van der Waals surface area contributed by atoms with Gasteiger partial charge in [-0.1, -0.05) is 18.2 Å². The highest BCUT2D eigenvalue weighted by Gasteiger charge is 2.09. The van der Waals surface area contributed by atoms with Gasteiger partial charge in [0.15, 0.2) is 0 Å². The van der Waals surface area contributed by atoms with Crippen LogP contribution in [0.2, 0.25) is 0 Å². The van der Waals surface area contributed by atoms with Crippen LogP contribution in [0.3, 0.4) is 0 Å². The molecule has 4 rings (SSSR count). The number of hydrazone groups is 1. The molecule has 0 saturated heterocycles. The molecule has 0 atom stereocenters. The van der Waals surface area contributed by atoms with Crippen molar-refractivity contribution in [3.63, 3.8) is 0 Å². The molecule has 4 aromatic rings. The van der Waals surface area contributed by atoms with Gasteiger partial charge in [-0.25, -0.2) is 10.2 Å². The molecule has 0 unspecified atom stereocenters. The maximum atomic E-state index is 12.4. The Balaban J connectivity index is 1.36. The summed E-state index contributed by atoms with van der Waals surface area (Å²) in [5.41, 5.74) is 5.97. The van der Waals surface area contributed by atoms with Gasteiger partial charge in [-0.3, -0.25) is 4.79 Å². The first-order valence-corrected chi connectivity index (χ1v) is 10.1. The van der Waals surface area contributed by atoms with Crippen LogP contribution in [0.5, 0.6) is 5.75 Å². The second-order valence-electron chi connectivity index (χ2n) is 7.06. The summed E-state index contributed by atoms with van der Waals surface area (Å²) in [7, 11) is 0. The van der Waals surface area contributed by atoms with Crippen molar-refractivity contribution < 1.29 is 14.3 Å². The van der Waals surface area contributed by atoms with Gasteiger partial charge in [0.05, 0.1) is 11.3 Å². The molecule has 1 aromatic heterocycles. The van der Waals surface area contributed by atoms with E-state index >= 15 is 0 Å². The highest BCUT2D eigenvalue weighted by molar-refractivity contribution is 6.01. The molecule has 1 heterocycles. The molecule has 6 nitrogen and oxygen atoms in total. The van der Waals surface area contributed by atoms with Crippen molar-refractivity contribution in [1.29, 1.82) is 0 Å². The smallest absolute Gasteiger partial charge is 0.343 e. The van der Waals surface area contributed by atoms with Crippen molar-refractivity contribution >= 4 is 17.6 Å². The number of esters is 1. The van der Waals surface area contributed by atoms with Gasteiger partial charge in [-0.2, -0.15) is 5.10 Å². The molecular weight excluding hydrogens is 402 g/mol. The Morgan fingerprint density at radius 1 is 0.750 bits per heavy atom. The van der Waals surface area contributed by atoms with Gasteiger partial charge in [0.25, 0.3) is 5.91 Å². The predicted octanol–water partition coefficient (Wildman–Crippen LogP) is 4.85. The van der Waals surface area contributed by atoms with Gasteiger partial charge < -0.3 is 9.30 Å². The van der Waals surface area contributed by atoms with Crippen LogP contribution in [-0.4, -0.2) is 22.2 Å². The predicted molar refractivity (Wildman–Crippen MR) is 123 cm³/mol. The highest BCUT2D eigenvalue weighted by Crippen LogP contribution is 2.15. The van der Waals surface area contributed by atoms with Gasteiger partial charge in [-0.05, 0) is 85.3 Å². The highest BCUT2D eigenvalue weighted by atomic mass is 16.5. The first-order valence-electron chi connectivity index (χ1n) is 10.1. The number of hydrogen-bond donors (Lipinski definition) is 1. The van der Waals surface area contributed by atoms with E-state index in [9.17, 15) is 9.59 Å². The van der Waals surface area contributed by atoms with E-state index < -0.39 is 5.97 Å². The van der Waals surface area contributed by atoms with Gasteiger partial charge in [-0.15, -0.1) is 0 Å². The zero-order valence-corrected chi connectivity index (χ0v) is 17.4. The fraction of sp³-hybridized carbons (Fsp3) is 0.0385. The molecule has 32 heavy (non-hydrogen) atoms. The third-order valence-corrected chi connectivity index (χ3v) is 4.85. The minimum Gasteiger partial charge on any atom is -0.423 e. The normalized spacial score (nSPS) is 11.1. The Morgan fingerprint density at radius 3 is 2.03 bits per heavy atom. The maximum absolute atomic E-state index is 12.4. The van der Waals surface area contributed by atoms with Gasteiger partial charge >= 0.3 is 5.97 Å². The zero-order chi connectivity index (χ0) is 22.3. The van der Waals surface area contributed by atoms with Crippen molar-refractivity contribution in [3.05, 3.63) is 120 Å². The minimum absolute atomic E-state index is 0.295. The number of nitrogens with one attached hydrogen (secondary N) is 1. The Hall–Kier alpha value is -4.45. The number of ether oxygens (including phenoxy) is 1. The first-order chi connectivity index (χ1) is 15.6. The van der Waals surface area contributed by atoms with E-state index in [2.05, 4.69) is 10.5 Å². The van der Waals surface area contributed by atoms with Crippen LogP contribution < -0.4 is 10.2 Å². The monoisotopic (exact) mass is 423 g/mol. The number of aromatic nitrogens is 1. The van der Waals surface area contributed by atoms with Crippen molar-refractivity contribution in [3.8, 4) is 11.4 Å². The second-order valence-corrected chi connectivity index (χ2v) is 7.06. The Kier molecular flexibility index (Phi) is 6.22. The number of carbonyl (C=O) groups excluding carboxylic acids is 2. The number of carbonyl (C=O) groups is 2. The van der Waals surface area contributed by atoms with E-state index in [0.717, 1.165) is 11.3 Å². The molecule has 6 heteroatoms. The summed E-state index contributed by atoms with van der Waals surface area (Å²) >= 11 is 0. The number of amides is 1. The lowest BCUT2D eigenvalue weighted by atomic mass is 10.1. The van der Waals surface area contributed by atoms with E-state index in [4.69, 9.17) is 4.74 Å². The van der Waals surface area contributed by atoms with Crippen molar-refractivity contribution in [2.75, 3.05) is 0 Å². The fourth-order valence-corrected chi connectivity index (χ4v) is 3.06. The number of hydrogen-bond acceptors (Lipinski definition) is 4. The zero-order valence-electron chi connectivity index (χ0n) is 17.4. The first kappa shape index (κ1) is 20.8. The van der Waals surface area contributed by atoms with Gasteiger partial charge in [0.1, 0.15) is 5.75 Å².